The van der Waals surface area contributed by atoms with Crippen LogP contribution in [-0.4, -0.2) is 33.9 Å². The molecule has 26 heavy (non-hydrogen) atoms. The molecule has 0 aliphatic rings. The Morgan fingerprint density at radius 2 is 1.62 bits per heavy atom. The van der Waals surface area contributed by atoms with E-state index in [2.05, 4.69) is 15.7 Å². The third-order valence-electron chi connectivity index (χ3n) is 4.29. The zero-order valence-corrected chi connectivity index (χ0v) is 16.0. The van der Waals surface area contributed by atoms with Crippen LogP contribution >= 0.6 is 0 Å². The maximum Gasteiger partial charge on any atom is 0.292 e. The second kappa shape index (κ2) is 7.51. The van der Waals surface area contributed by atoms with Crippen LogP contribution in [0.15, 0.2) is 12.1 Å². The summed E-state index contributed by atoms with van der Waals surface area (Å²) in [5.74, 6) is -1.90. The second-order valence-electron chi connectivity index (χ2n) is 6.50. The number of benzene rings is 1. The molecule has 0 fully saturated rings. The van der Waals surface area contributed by atoms with Gasteiger partial charge in [-0.15, -0.1) is 0 Å². The van der Waals surface area contributed by atoms with Gasteiger partial charge in [-0.1, -0.05) is 17.7 Å². The van der Waals surface area contributed by atoms with Crippen molar-refractivity contribution in [2.24, 2.45) is 7.05 Å². The highest BCUT2D eigenvalue weighted by molar-refractivity contribution is 6.43. The van der Waals surface area contributed by atoms with E-state index in [0.717, 1.165) is 22.4 Å². The Balaban J connectivity index is 2.01. The number of amides is 2. The van der Waals surface area contributed by atoms with Crippen LogP contribution in [0, 0.1) is 34.6 Å². The number of nitrogens with zero attached hydrogens (tertiary/aromatic N) is 2. The number of Topliss-reactive ketones (excluding diaryl/α,β-unsaturated/α-hetero) is 1. The molecule has 7 heteroatoms. The van der Waals surface area contributed by atoms with Gasteiger partial charge in [-0.05, 0) is 45.7 Å². The highest BCUT2D eigenvalue weighted by atomic mass is 16.2. The van der Waals surface area contributed by atoms with Crippen molar-refractivity contribution >= 4 is 23.3 Å². The SMILES string of the molecule is Cc1cc(C)c(NC(=O)CNC(=O)C(=O)c2c(C)nn(C)c2C)c(C)c1. The van der Waals surface area contributed by atoms with E-state index >= 15 is 0 Å². The highest BCUT2D eigenvalue weighted by Gasteiger charge is 2.24. The fraction of sp³-hybridized carbons (Fsp3) is 0.368. The Labute approximate surface area is 152 Å². The lowest BCUT2D eigenvalue weighted by Gasteiger charge is -2.13. The van der Waals surface area contributed by atoms with Crippen LogP contribution in [0.3, 0.4) is 0 Å². The van der Waals surface area contributed by atoms with Gasteiger partial charge in [-0.3, -0.25) is 19.1 Å². The zero-order chi connectivity index (χ0) is 19.6. The largest absolute Gasteiger partial charge is 0.340 e. The summed E-state index contributed by atoms with van der Waals surface area (Å²) in [6, 6.07) is 3.94. The molecule has 0 saturated heterocycles. The van der Waals surface area contributed by atoms with Crippen LogP contribution in [0.5, 0.6) is 0 Å². The number of rotatable bonds is 5. The van der Waals surface area contributed by atoms with Gasteiger partial charge >= 0.3 is 0 Å². The van der Waals surface area contributed by atoms with Gasteiger partial charge in [0.2, 0.25) is 5.91 Å². The Bertz CT molecular complexity index is 873. The van der Waals surface area contributed by atoms with Gasteiger partial charge in [-0.2, -0.15) is 5.10 Å². The number of hydrogen-bond donors (Lipinski definition) is 2. The quantitative estimate of drug-likeness (QED) is 0.632. The predicted octanol–water partition coefficient (Wildman–Crippen LogP) is 1.90. The van der Waals surface area contributed by atoms with Crippen molar-refractivity contribution in [2.75, 3.05) is 11.9 Å². The minimum Gasteiger partial charge on any atom is -0.340 e. The maximum atomic E-state index is 12.3. The zero-order valence-electron chi connectivity index (χ0n) is 16.0. The molecule has 0 bridgehead atoms. The number of ketones is 1. The van der Waals surface area contributed by atoms with E-state index < -0.39 is 11.7 Å². The van der Waals surface area contributed by atoms with Gasteiger partial charge in [0.05, 0.1) is 17.8 Å². The molecule has 0 saturated carbocycles. The molecular formula is C19H24N4O3. The van der Waals surface area contributed by atoms with Crippen molar-refractivity contribution in [2.45, 2.75) is 34.6 Å². The van der Waals surface area contributed by atoms with Crippen molar-refractivity contribution < 1.29 is 14.4 Å². The summed E-state index contributed by atoms with van der Waals surface area (Å²) in [5, 5.41) is 9.29. The van der Waals surface area contributed by atoms with Crippen molar-refractivity contribution in [3.63, 3.8) is 0 Å². The van der Waals surface area contributed by atoms with Crippen LogP contribution in [0.4, 0.5) is 5.69 Å². The standard InChI is InChI=1S/C19H24N4O3/c1-10-7-11(2)17(12(3)8-10)21-15(24)9-20-19(26)18(25)16-13(4)22-23(6)14(16)5/h7-8H,9H2,1-6H3,(H,20,26)(H,21,24). The number of nitrogens with one attached hydrogen (secondary N) is 2. The lowest BCUT2D eigenvalue weighted by molar-refractivity contribution is -0.121. The molecule has 138 valence electrons. The molecule has 0 aliphatic heterocycles. The molecule has 2 amide bonds. The van der Waals surface area contributed by atoms with E-state index in [4.69, 9.17) is 0 Å². The number of carbonyl (C=O) groups excluding carboxylic acids is 3. The molecule has 2 rings (SSSR count). The van der Waals surface area contributed by atoms with Crippen LogP contribution in [0.2, 0.25) is 0 Å². The summed E-state index contributed by atoms with van der Waals surface area (Å²) in [7, 11) is 1.71. The highest BCUT2D eigenvalue weighted by Crippen LogP contribution is 2.21. The van der Waals surface area contributed by atoms with Crippen LogP contribution in [0.25, 0.3) is 0 Å². The molecule has 1 aromatic carbocycles. The van der Waals surface area contributed by atoms with Gasteiger partial charge in [0.15, 0.2) is 0 Å². The van der Waals surface area contributed by atoms with E-state index in [1.165, 1.54) is 0 Å². The molecule has 2 aromatic rings. The average molecular weight is 356 g/mol. The summed E-state index contributed by atoms with van der Waals surface area (Å²) >= 11 is 0. The Kier molecular flexibility index (Phi) is 5.59. The normalized spacial score (nSPS) is 10.5. The first-order chi connectivity index (χ1) is 12.1. The monoisotopic (exact) mass is 356 g/mol. The minimum atomic E-state index is -0.822. The minimum absolute atomic E-state index is 0.274. The predicted molar refractivity (Wildman–Crippen MR) is 99.3 cm³/mol. The van der Waals surface area contributed by atoms with Gasteiger partial charge < -0.3 is 10.6 Å². The third-order valence-corrected chi connectivity index (χ3v) is 4.29. The van der Waals surface area contributed by atoms with E-state index in [9.17, 15) is 14.4 Å². The summed E-state index contributed by atoms with van der Waals surface area (Å²) in [6.45, 7) is 8.91. The molecule has 0 aliphatic carbocycles. The van der Waals surface area contributed by atoms with Gasteiger partial charge in [0.25, 0.3) is 11.7 Å². The van der Waals surface area contributed by atoms with Crippen molar-refractivity contribution in [3.8, 4) is 0 Å². The van der Waals surface area contributed by atoms with Gasteiger partial charge in [-0.25, -0.2) is 0 Å². The van der Waals surface area contributed by atoms with Crippen molar-refractivity contribution in [3.05, 3.63) is 45.8 Å². The fourth-order valence-electron chi connectivity index (χ4n) is 3.02. The molecule has 0 radical (unpaired) electrons. The molecular weight excluding hydrogens is 332 g/mol. The van der Waals surface area contributed by atoms with E-state index in [-0.39, 0.29) is 18.0 Å². The molecule has 1 aromatic heterocycles. The third kappa shape index (κ3) is 3.99. The van der Waals surface area contributed by atoms with Crippen LogP contribution in [0.1, 0.15) is 38.4 Å². The van der Waals surface area contributed by atoms with Crippen LogP contribution in [-0.2, 0) is 16.6 Å². The summed E-state index contributed by atoms with van der Waals surface area (Å²) in [4.78, 5) is 36.6. The fourth-order valence-corrected chi connectivity index (χ4v) is 3.02. The van der Waals surface area contributed by atoms with E-state index in [1.807, 2.05) is 32.9 Å². The molecule has 0 unspecified atom stereocenters. The smallest absolute Gasteiger partial charge is 0.292 e. The Morgan fingerprint density at radius 3 is 2.12 bits per heavy atom. The first-order valence-electron chi connectivity index (χ1n) is 8.32. The van der Waals surface area contributed by atoms with Gasteiger partial charge in [0.1, 0.15) is 0 Å². The summed E-state index contributed by atoms with van der Waals surface area (Å²) < 4.78 is 1.55. The molecule has 0 atom stereocenters. The van der Waals surface area contributed by atoms with Gasteiger partial charge in [0, 0.05) is 18.4 Å². The molecule has 7 nitrogen and oxygen atoms in total. The lowest BCUT2D eigenvalue weighted by Crippen LogP contribution is -2.37. The van der Waals surface area contributed by atoms with Crippen LogP contribution < -0.4 is 10.6 Å². The maximum absolute atomic E-state index is 12.3. The second-order valence-corrected chi connectivity index (χ2v) is 6.50. The average Bonchev–Trinajstić information content (AvgIpc) is 2.80. The first kappa shape index (κ1) is 19.4. The number of aryl methyl sites for hydroxylation is 5. The molecule has 1 heterocycles. The topological polar surface area (TPSA) is 93.1 Å². The van der Waals surface area contributed by atoms with E-state index in [0.29, 0.717) is 11.4 Å². The van der Waals surface area contributed by atoms with Crippen molar-refractivity contribution in [1.82, 2.24) is 15.1 Å². The summed E-state index contributed by atoms with van der Waals surface area (Å²) in [5.41, 5.74) is 5.09. The number of carbonyl (C=O) groups is 3. The molecule has 0 spiro atoms. The Morgan fingerprint density at radius 1 is 1.04 bits per heavy atom. The van der Waals surface area contributed by atoms with Crippen molar-refractivity contribution in [1.29, 1.82) is 0 Å². The number of anilines is 1. The first-order valence-corrected chi connectivity index (χ1v) is 8.32. The molecule has 2 N–H and O–H groups in total. The summed E-state index contributed by atoms with van der Waals surface area (Å²) in [6.07, 6.45) is 0. The van der Waals surface area contributed by atoms with E-state index in [1.54, 1.807) is 25.6 Å². The lowest BCUT2D eigenvalue weighted by atomic mass is 10.1. The number of hydrogen-bond acceptors (Lipinski definition) is 4. The number of aromatic nitrogens is 2. The Hall–Kier alpha value is -2.96.